The topological polar surface area (TPSA) is 64.7 Å². The molecule has 0 saturated heterocycles. The van der Waals surface area contributed by atoms with Crippen LogP contribution in [0, 0.1) is 0 Å². The molecular formula is C17H11BrN4OS. The zero-order valence-corrected chi connectivity index (χ0v) is 14.8. The van der Waals surface area contributed by atoms with Crippen molar-refractivity contribution in [2.24, 2.45) is 0 Å². The van der Waals surface area contributed by atoms with Crippen LogP contribution in [0.1, 0.15) is 5.89 Å². The molecule has 0 bridgehead atoms. The number of fused-ring (bicyclic) bond motifs is 1. The molecule has 0 N–H and O–H groups in total. The molecule has 0 saturated carbocycles. The van der Waals surface area contributed by atoms with Gasteiger partial charge in [-0.05, 0) is 30.3 Å². The molecule has 2 heterocycles. The first-order valence-corrected chi connectivity index (χ1v) is 8.98. The minimum atomic E-state index is 0.519. The summed E-state index contributed by atoms with van der Waals surface area (Å²) >= 11 is 4.97. The van der Waals surface area contributed by atoms with E-state index in [1.54, 1.807) is 18.1 Å². The van der Waals surface area contributed by atoms with Gasteiger partial charge in [0.1, 0.15) is 11.4 Å². The van der Waals surface area contributed by atoms with E-state index in [0.29, 0.717) is 17.5 Å². The summed E-state index contributed by atoms with van der Waals surface area (Å²) in [5, 5.41) is 10.2. The average Bonchev–Trinajstić information content (AvgIpc) is 3.09. The van der Waals surface area contributed by atoms with Crippen molar-refractivity contribution in [1.82, 2.24) is 20.2 Å². The van der Waals surface area contributed by atoms with Gasteiger partial charge in [-0.2, -0.15) is 0 Å². The summed E-state index contributed by atoms with van der Waals surface area (Å²) in [6, 6.07) is 15.7. The van der Waals surface area contributed by atoms with E-state index in [1.165, 1.54) is 0 Å². The molecule has 0 atom stereocenters. The molecular weight excluding hydrogens is 388 g/mol. The average molecular weight is 399 g/mol. The Labute approximate surface area is 150 Å². The van der Waals surface area contributed by atoms with E-state index in [4.69, 9.17) is 4.42 Å². The fourth-order valence-corrected chi connectivity index (χ4v) is 3.34. The van der Waals surface area contributed by atoms with E-state index in [-0.39, 0.29) is 0 Å². The number of hydrogen-bond donors (Lipinski definition) is 0. The zero-order valence-electron chi connectivity index (χ0n) is 12.4. The minimum Gasteiger partial charge on any atom is -0.420 e. The lowest BCUT2D eigenvalue weighted by Gasteiger charge is -2.02. The van der Waals surface area contributed by atoms with E-state index in [2.05, 4.69) is 36.1 Å². The van der Waals surface area contributed by atoms with Crippen molar-refractivity contribution in [3.8, 4) is 11.5 Å². The van der Waals surface area contributed by atoms with Crippen LogP contribution < -0.4 is 0 Å². The number of aromatic nitrogens is 4. The van der Waals surface area contributed by atoms with Gasteiger partial charge in [-0.15, -0.1) is 10.2 Å². The van der Waals surface area contributed by atoms with Crippen molar-refractivity contribution in [3.63, 3.8) is 0 Å². The highest BCUT2D eigenvalue weighted by molar-refractivity contribution is 9.10. The van der Waals surface area contributed by atoms with Gasteiger partial charge in [-0.3, -0.25) is 0 Å². The number of benzene rings is 2. The largest absolute Gasteiger partial charge is 0.420 e. The van der Waals surface area contributed by atoms with Crippen molar-refractivity contribution in [3.05, 3.63) is 65.2 Å². The Kier molecular flexibility index (Phi) is 4.27. The van der Waals surface area contributed by atoms with Gasteiger partial charge < -0.3 is 4.42 Å². The third kappa shape index (κ3) is 3.18. The quantitative estimate of drug-likeness (QED) is 0.365. The van der Waals surface area contributed by atoms with Gasteiger partial charge in [0.25, 0.3) is 0 Å². The van der Waals surface area contributed by atoms with E-state index in [9.17, 15) is 0 Å². The predicted molar refractivity (Wildman–Crippen MR) is 96.5 cm³/mol. The van der Waals surface area contributed by atoms with Crippen molar-refractivity contribution in [2.75, 3.05) is 0 Å². The molecule has 118 valence electrons. The molecule has 0 radical (unpaired) electrons. The second-order valence-corrected chi connectivity index (χ2v) is 6.87. The van der Waals surface area contributed by atoms with Crippen LogP contribution in [0.4, 0.5) is 0 Å². The van der Waals surface area contributed by atoms with E-state index < -0.39 is 0 Å². The molecule has 0 aliphatic rings. The lowest BCUT2D eigenvalue weighted by molar-refractivity contribution is 0.528. The maximum absolute atomic E-state index is 5.74. The molecule has 2 aromatic heterocycles. The summed E-state index contributed by atoms with van der Waals surface area (Å²) in [5.74, 6) is 1.65. The number of rotatable bonds is 4. The molecule has 0 fully saturated rings. The van der Waals surface area contributed by atoms with Crippen LogP contribution in [0.2, 0.25) is 0 Å². The molecule has 4 rings (SSSR count). The number of thioether (sulfide) groups is 1. The predicted octanol–water partition coefficient (Wildman–Crippen LogP) is 4.73. The first-order chi connectivity index (χ1) is 11.8. The van der Waals surface area contributed by atoms with Gasteiger partial charge >= 0.3 is 0 Å². The Hall–Kier alpha value is -2.25. The molecule has 2 aromatic carbocycles. The minimum absolute atomic E-state index is 0.519. The number of halogens is 1. The number of hydrogen-bond acceptors (Lipinski definition) is 6. The normalized spacial score (nSPS) is 11.0. The van der Waals surface area contributed by atoms with Crippen LogP contribution in [0.3, 0.4) is 0 Å². The third-order valence-corrected chi connectivity index (χ3v) is 4.92. The molecule has 0 aliphatic carbocycles. The van der Waals surface area contributed by atoms with Crippen molar-refractivity contribution in [2.45, 2.75) is 10.8 Å². The summed E-state index contributed by atoms with van der Waals surface area (Å²) < 4.78 is 6.75. The third-order valence-electron chi connectivity index (χ3n) is 3.40. The monoisotopic (exact) mass is 398 g/mol. The van der Waals surface area contributed by atoms with Crippen LogP contribution >= 0.6 is 27.7 Å². The van der Waals surface area contributed by atoms with Gasteiger partial charge in [-0.1, -0.05) is 45.9 Å². The Balaban J connectivity index is 1.53. The molecule has 0 spiro atoms. The Morgan fingerprint density at radius 1 is 0.958 bits per heavy atom. The van der Waals surface area contributed by atoms with Gasteiger partial charge in [0, 0.05) is 15.4 Å². The highest BCUT2D eigenvalue weighted by Gasteiger charge is 2.10. The molecule has 0 unspecified atom stereocenters. The molecule has 0 aliphatic heterocycles. The maximum atomic E-state index is 5.74. The summed E-state index contributed by atoms with van der Waals surface area (Å²) in [6.07, 6.45) is 1.58. The van der Waals surface area contributed by atoms with Gasteiger partial charge in [0.2, 0.25) is 11.8 Å². The Morgan fingerprint density at radius 3 is 2.67 bits per heavy atom. The first-order valence-electron chi connectivity index (χ1n) is 7.20. The van der Waals surface area contributed by atoms with Crippen molar-refractivity contribution < 1.29 is 4.42 Å². The zero-order chi connectivity index (χ0) is 16.4. The van der Waals surface area contributed by atoms with E-state index >= 15 is 0 Å². The summed E-state index contributed by atoms with van der Waals surface area (Å²) in [6.45, 7) is 0. The van der Waals surface area contributed by atoms with Crippen LogP contribution in [0.5, 0.6) is 0 Å². The lowest BCUT2D eigenvalue weighted by atomic mass is 10.2. The molecule has 4 aromatic rings. The second-order valence-electron chi connectivity index (χ2n) is 4.99. The Morgan fingerprint density at radius 2 is 1.79 bits per heavy atom. The number of nitrogens with zero attached hydrogens (tertiary/aromatic N) is 4. The smallest absolute Gasteiger partial charge is 0.247 e. The van der Waals surface area contributed by atoms with E-state index in [0.717, 1.165) is 26.0 Å². The standard InChI is InChI=1S/C17H11BrN4OS/c18-12-7-5-11(6-8-12)16-22-21-15(23-16)9-24-17-13-3-1-2-4-14(13)19-10-20-17/h1-8,10H,9H2. The first kappa shape index (κ1) is 15.3. The highest BCUT2D eigenvalue weighted by atomic mass is 79.9. The second kappa shape index (κ2) is 6.70. The van der Waals surface area contributed by atoms with Crippen molar-refractivity contribution >= 4 is 38.6 Å². The molecule has 7 heteroatoms. The van der Waals surface area contributed by atoms with Crippen LogP contribution in [-0.2, 0) is 5.75 Å². The van der Waals surface area contributed by atoms with Gasteiger partial charge in [0.15, 0.2) is 0 Å². The fraction of sp³-hybridized carbons (Fsp3) is 0.0588. The van der Waals surface area contributed by atoms with Gasteiger partial charge in [0.05, 0.1) is 11.3 Å². The van der Waals surface area contributed by atoms with Crippen LogP contribution in [-0.4, -0.2) is 20.2 Å². The van der Waals surface area contributed by atoms with Crippen LogP contribution in [0.15, 0.2) is 68.8 Å². The lowest BCUT2D eigenvalue weighted by Crippen LogP contribution is -1.88. The molecule has 5 nitrogen and oxygen atoms in total. The highest BCUT2D eigenvalue weighted by Crippen LogP contribution is 2.28. The molecule has 24 heavy (non-hydrogen) atoms. The Bertz CT molecular complexity index is 982. The van der Waals surface area contributed by atoms with E-state index in [1.807, 2.05) is 48.5 Å². The summed E-state index contributed by atoms with van der Waals surface area (Å²) in [4.78, 5) is 8.62. The number of para-hydroxylation sites is 1. The van der Waals surface area contributed by atoms with Crippen LogP contribution in [0.25, 0.3) is 22.4 Å². The summed E-state index contributed by atoms with van der Waals surface area (Å²) in [5.41, 5.74) is 1.82. The fourth-order valence-electron chi connectivity index (χ4n) is 2.25. The summed E-state index contributed by atoms with van der Waals surface area (Å²) in [7, 11) is 0. The van der Waals surface area contributed by atoms with Gasteiger partial charge in [-0.25, -0.2) is 9.97 Å². The SMILES string of the molecule is Brc1ccc(-c2nnc(CSc3ncnc4ccccc34)o2)cc1. The van der Waals surface area contributed by atoms with Crippen molar-refractivity contribution in [1.29, 1.82) is 0 Å². The molecule has 0 amide bonds. The maximum Gasteiger partial charge on any atom is 0.247 e.